The number of benzene rings is 1. The van der Waals surface area contributed by atoms with Crippen molar-refractivity contribution in [1.29, 1.82) is 0 Å². The molecule has 1 aliphatic rings. The molecule has 1 aromatic rings. The summed E-state index contributed by atoms with van der Waals surface area (Å²) in [6, 6.07) is 3.78. The summed E-state index contributed by atoms with van der Waals surface area (Å²) in [6.45, 7) is 7.03. The molecule has 2 rings (SSSR count). The molecule has 0 amide bonds. The first-order valence-corrected chi connectivity index (χ1v) is 7.73. The van der Waals surface area contributed by atoms with Gasteiger partial charge in [0.05, 0.1) is 5.56 Å². The second kappa shape index (κ2) is 10.5. The molecule has 8 heteroatoms. The summed E-state index contributed by atoms with van der Waals surface area (Å²) in [5, 5.41) is 3.38. The Morgan fingerprint density at radius 1 is 1.21 bits per heavy atom. The molecule has 0 aliphatic carbocycles. The lowest BCUT2D eigenvalue weighted by Gasteiger charge is -2.35. The van der Waals surface area contributed by atoms with Crippen LogP contribution in [-0.2, 0) is 6.18 Å². The Balaban J connectivity index is 0.00000264. The summed E-state index contributed by atoms with van der Waals surface area (Å²) < 4.78 is 39.0. The zero-order valence-electron chi connectivity index (χ0n) is 13.1. The van der Waals surface area contributed by atoms with E-state index in [4.69, 9.17) is 11.6 Å². The van der Waals surface area contributed by atoms with E-state index in [1.165, 1.54) is 6.07 Å². The van der Waals surface area contributed by atoms with E-state index < -0.39 is 11.7 Å². The average molecular weight is 406 g/mol. The molecule has 24 heavy (non-hydrogen) atoms. The van der Waals surface area contributed by atoms with Crippen molar-refractivity contribution in [3.05, 3.63) is 47.0 Å². The van der Waals surface area contributed by atoms with Crippen molar-refractivity contribution >= 4 is 36.4 Å². The van der Waals surface area contributed by atoms with Gasteiger partial charge in [0.2, 0.25) is 0 Å². The van der Waals surface area contributed by atoms with Crippen LogP contribution in [0, 0.1) is 0 Å². The van der Waals surface area contributed by atoms with Crippen LogP contribution in [-0.4, -0.2) is 31.1 Å². The van der Waals surface area contributed by atoms with Crippen LogP contribution >= 0.6 is 36.4 Å². The Bertz CT molecular complexity index is 518. The molecule has 1 saturated heterocycles. The summed E-state index contributed by atoms with van der Waals surface area (Å²) in [5.74, 6) is 0. The van der Waals surface area contributed by atoms with Crippen molar-refractivity contribution in [2.24, 2.45) is 0 Å². The van der Waals surface area contributed by atoms with Crippen molar-refractivity contribution in [2.45, 2.75) is 25.1 Å². The minimum atomic E-state index is -4.38. The molecule has 1 heterocycles. The second-order valence-electron chi connectivity index (χ2n) is 5.44. The highest BCUT2D eigenvalue weighted by Crippen LogP contribution is 2.35. The van der Waals surface area contributed by atoms with Gasteiger partial charge in [-0.2, -0.15) is 13.2 Å². The van der Waals surface area contributed by atoms with E-state index in [1.807, 2.05) is 0 Å². The second-order valence-corrected chi connectivity index (χ2v) is 5.88. The molecule has 1 fully saturated rings. The van der Waals surface area contributed by atoms with Crippen LogP contribution in [0.5, 0.6) is 0 Å². The van der Waals surface area contributed by atoms with Crippen LogP contribution in [0.4, 0.5) is 13.2 Å². The minimum absolute atomic E-state index is 0. The van der Waals surface area contributed by atoms with Crippen molar-refractivity contribution in [1.82, 2.24) is 10.2 Å². The third-order valence-electron chi connectivity index (χ3n) is 3.87. The Hall–Kier alpha value is -0.460. The van der Waals surface area contributed by atoms with Gasteiger partial charge < -0.3 is 5.32 Å². The van der Waals surface area contributed by atoms with Crippen molar-refractivity contribution in [2.75, 3.05) is 26.2 Å². The molecular weight excluding hydrogens is 384 g/mol. The number of allylic oxidation sites excluding steroid dienone is 1. The lowest BCUT2D eigenvalue weighted by atomic mass is 9.97. The number of alkyl halides is 3. The summed E-state index contributed by atoms with van der Waals surface area (Å²) in [4.78, 5) is 2.21. The molecule has 0 aromatic heterocycles. The maximum absolute atomic E-state index is 13.0. The van der Waals surface area contributed by atoms with Crippen molar-refractivity contribution in [3.63, 3.8) is 0 Å². The zero-order chi connectivity index (χ0) is 16.2. The highest BCUT2D eigenvalue weighted by Gasteiger charge is 2.32. The zero-order valence-corrected chi connectivity index (χ0v) is 15.5. The van der Waals surface area contributed by atoms with E-state index in [9.17, 15) is 13.2 Å². The van der Waals surface area contributed by atoms with Crippen LogP contribution < -0.4 is 5.32 Å². The van der Waals surface area contributed by atoms with Crippen molar-refractivity contribution in [3.8, 4) is 0 Å². The normalized spacial score (nSPS) is 16.7. The first-order chi connectivity index (χ1) is 10.4. The molecule has 2 nitrogen and oxygen atoms in total. The van der Waals surface area contributed by atoms with Gasteiger partial charge in [0.15, 0.2) is 0 Å². The first-order valence-electron chi connectivity index (χ1n) is 7.35. The Morgan fingerprint density at radius 2 is 1.83 bits per heavy atom. The highest BCUT2D eigenvalue weighted by molar-refractivity contribution is 6.30. The van der Waals surface area contributed by atoms with E-state index >= 15 is 0 Å². The van der Waals surface area contributed by atoms with Gasteiger partial charge in [-0.25, -0.2) is 0 Å². The van der Waals surface area contributed by atoms with E-state index in [0.717, 1.165) is 45.1 Å². The van der Waals surface area contributed by atoms with Crippen molar-refractivity contribution < 1.29 is 13.2 Å². The molecule has 0 radical (unpaired) electrons. The molecule has 0 saturated carbocycles. The van der Waals surface area contributed by atoms with E-state index in [0.29, 0.717) is 5.56 Å². The number of rotatable bonds is 5. The Kier molecular flexibility index (Phi) is 10.3. The SMILES string of the molecule is C=CCC[C@H](c1cc(Cl)cc(C(F)(F)F)c1)N1CCNCC1.Cl.Cl. The van der Waals surface area contributed by atoms with E-state index in [1.54, 1.807) is 12.1 Å². The lowest BCUT2D eigenvalue weighted by molar-refractivity contribution is -0.137. The Labute approximate surface area is 158 Å². The van der Waals surface area contributed by atoms with Gasteiger partial charge >= 0.3 is 6.18 Å². The fourth-order valence-electron chi connectivity index (χ4n) is 2.80. The van der Waals surface area contributed by atoms with Crippen LogP contribution in [0.15, 0.2) is 30.9 Å². The van der Waals surface area contributed by atoms with Gasteiger partial charge in [-0.3, -0.25) is 4.90 Å². The molecule has 0 unspecified atom stereocenters. The third kappa shape index (κ3) is 6.45. The highest BCUT2D eigenvalue weighted by atomic mass is 35.5. The standard InChI is InChI=1S/C16H20ClF3N2.2ClH/c1-2-3-4-15(22-7-5-21-6-8-22)12-9-13(16(18,19)20)11-14(17)10-12;;/h2,9-11,15,21H,1,3-8H2;2*1H/t15-;;/m1../s1. The molecule has 0 bridgehead atoms. The largest absolute Gasteiger partial charge is 0.416 e. The molecule has 1 aromatic carbocycles. The maximum atomic E-state index is 13.0. The maximum Gasteiger partial charge on any atom is 0.416 e. The quantitative estimate of drug-likeness (QED) is 0.684. The summed E-state index contributed by atoms with van der Waals surface area (Å²) in [7, 11) is 0. The topological polar surface area (TPSA) is 15.3 Å². The fraction of sp³-hybridized carbons (Fsp3) is 0.500. The molecule has 1 atom stereocenters. The first kappa shape index (κ1) is 23.5. The Morgan fingerprint density at radius 3 is 2.38 bits per heavy atom. The van der Waals surface area contributed by atoms with Crippen LogP contribution in [0.1, 0.15) is 30.0 Å². The van der Waals surface area contributed by atoms with Gasteiger partial charge in [-0.05, 0) is 36.6 Å². The van der Waals surface area contributed by atoms with Gasteiger partial charge in [0, 0.05) is 37.2 Å². The van der Waals surface area contributed by atoms with Gasteiger partial charge in [0.25, 0.3) is 0 Å². The number of hydrogen-bond acceptors (Lipinski definition) is 2. The van der Waals surface area contributed by atoms with Gasteiger partial charge in [0.1, 0.15) is 0 Å². The monoisotopic (exact) mass is 404 g/mol. The lowest BCUT2D eigenvalue weighted by Crippen LogP contribution is -2.45. The number of hydrogen-bond donors (Lipinski definition) is 1. The number of halogens is 6. The smallest absolute Gasteiger partial charge is 0.314 e. The average Bonchev–Trinajstić information content (AvgIpc) is 2.47. The predicted octanol–water partition coefficient (Wildman–Crippen LogP) is 5.11. The molecule has 1 N–H and O–H groups in total. The van der Waals surface area contributed by atoms with Crippen LogP contribution in [0.3, 0.4) is 0 Å². The number of nitrogens with one attached hydrogen (secondary N) is 1. The molecule has 1 aliphatic heterocycles. The number of piperazine rings is 1. The van der Waals surface area contributed by atoms with Crippen LogP contribution in [0.25, 0.3) is 0 Å². The fourth-order valence-corrected chi connectivity index (χ4v) is 3.04. The summed E-state index contributed by atoms with van der Waals surface area (Å²) in [5.41, 5.74) is -0.0580. The summed E-state index contributed by atoms with van der Waals surface area (Å²) in [6.07, 6.45) is -1.10. The van der Waals surface area contributed by atoms with E-state index in [2.05, 4.69) is 16.8 Å². The molecule has 138 valence electrons. The van der Waals surface area contributed by atoms with Gasteiger partial charge in [-0.1, -0.05) is 17.7 Å². The number of nitrogens with zero attached hydrogens (tertiary/aromatic N) is 1. The molecule has 0 spiro atoms. The predicted molar refractivity (Wildman–Crippen MR) is 97.6 cm³/mol. The molecular formula is C16H22Cl3F3N2. The third-order valence-corrected chi connectivity index (χ3v) is 4.09. The minimum Gasteiger partial charge on any atom is -0.314 e. The van der Waals surface area contributed by atoms with E-state index in [-0.39, 0.29) is 35.9 Å². The van der Waals surface area contributed by atoms with Gasteiger partial charge in [-0.15, -0.1) is 31.4 Å². The summed E-state index contributed by atoms with van der Waals surface area (Å²) >= 11 is 5.92. The van der Waals surface area contributed by atoms with Crippen LogP contribution in [0.2, 0.25) is 5.02 Å².